The summed E-state index contributed by atoms with van der Waals surface area (Å²) < 4.78 is 6.54. The predicted octanol–water partition coefficient (Wildman–Crippen LogP) is 14.7. The third-order valence-electron chi connectivity index (χ3n) is 12.3. The van der Waals surface area contributed by atoms with Gasteiger partial charge in [0.15, 0.2) is 0 Å². The molecule has 2 aliphatic carbocycles. The van der Waals surface area contributed by atoms with E-state index < -0.39 is 5.41 Å². The fourth-order valence-corrected chi connectivity index (χ4v) is 10.1. The van der Waals surface area contributed by atoms with E-state index in [1.165, 1.54) is 55.6 Å². The van der Waals surface area contributed by atoms with Crippen molar-refractivity contribution in [3.8, 4) is 44.5 Å². The van der Waals surface area contributed by atoms with Gasteiger partial charge in [0.1, 0.15) is 11.2 Å². The van der Waals surface area contributed by atoms with Crippen LogP contribution in [0.2, 0.25) is 0 Å². The molecule has 57 heavy (non-hydrogen) atoms. The van der Waals surface area contributed by atoms with Gasteiger partial charge in [-0.1, -0.05) is 176 Å². The number of furan rings is 1. The number of nitrogens with zero attached hydrogens (tertiary/aromatic N) is 1. The number of hydrogen-bond donors (Lipinski definition) is 0. The fourth-order valence-electron chi connectivity index (χ4n) is 10.1. The van der Waals surface area contributed by atoms with Gasteiger partial charge >= 0.3 is 0 Å². The van der Waals surface area contributed by atoms with Gasteiger partial charge in [-0.05, 0) is 97.6 Å². The first-order valence-corrected chi connectivity index (χ1v) is 19.7. The highest BCUT2D eigenvalue weighted by Gasteiger charge is 2.49. The molecule has 0 N–H and O–H groups in total. The van der Waals surface area contributed by atoms with Crippen molar-refractivity contribution in [2.75, 3.05) is 4.90 Å². The highest BCUT2D eigenvalue weighted by Crippen LogP contribution is 2.62. The predicted molar refractivity (Wildman–Crippen MR) is 236 cm³/mol. The topological polar surface area (TPSA) is 16.4 Å². The highest BCUT2D eigenvalue weighted by molar-refractivity contribution is 6.14. The zero-order valence-electron chi connectivity index (χ0n) is 31.1. The summed E-state index contributed by atoms with van der Waals surface area (Å²) in [5, 5.41) is 2.19. The second-order valence-electron chi connectivity index (χ2n) is 15.1. The standard InChI is InChI=1S/C55H35NO/c1-2-17-36(18-3-1)38-19-9-14-29-50(38)56(51-30-16-32-53-54(51)45-25-10-15-31-52(45)57-53)37-33-34-44-40-21-5-4-20-39(40)41-22-6-11-26-46(41)55(49(44)35-37)47-27-12-7-23-42(47)43-24-8-13-28-48(43)55/h1-35H. The number of anilines is 3. The first kappa shape index (κ1) is 31.9. The molecule has 0 saturated heterocycles. The van der Waals surface area contributed by atoms with E-state index in [4.69, 9.17) is 4.42 Å². The van der Waals surface area contributed by atoms with Gasteiger partial charge in [0.05, 0.1) is 22.2 Å². The second-order valence-corrected chi connectivity index (χ2v) is 15.1. The lowest BCUT2D eigenvalue weighted by Gasteiger charge is -2.36. The largest absolute Gasteiger partial charge is 0.456 e. The monoisotopic (exact) mass is 725 g/mol. The van der Waals surface area contributed by atoms with Gasteiger partial charge in [-0.25, -0.2) is 0 Å². The van der Waals surface area contributed by atoms with Crippen LogP contribution in [0.5, 0.6) is 0 Å². The van der Waals surface area contributed by atoms with Gasteiger partial charge in [0.2, 0.25) is 0 Å². The van der Waals surface area contributed by atoms with Crippen molar-refractivity contribution in [1.82, 2.24) is 0 Å². The van der Waals surface area contributed by atoms with E-state index in [1.807, 2.05) is 6.07 Å². The third-order valence-corrected chi connectivity index (χ3v) is 12.3. The molecule has 266 valence electrons. The molecule has 1 aromatic heterocycles. The molecule has 0 unspecified atom stereocenters. The summed E-state index contributed by atoms with van der Waals surface area (Å²) in [4.78, 5) is 2.47. The van der Waals surface area contributed by atoms with Crippen molar-refractivity contribution in [1.29, 1.82) is 0 Å². The highest BCUT2D eigenvalue weighted by atomic mass is 16.3. The van der Waals surface area contributed by atoms with Gasteiger partial charge in [0.25, 0.3) is 0 Å². The molecule has 0 amide bonds. The van der Waals surface area contributed by atoms with Crippen LogP contribution in [0.4, 0.5) is 17.1 Å². The maximum atomic E-state index is 6.54. The molecule has 10 aromatic rings. The van der Waals surface area contributed by atoms with Crippen LogP contribution in [-0.4, -0.2) is 0 Å². The van der Waals surface area contributed by atoms with Crippen LogP contribution in [0.1, 0.15) is 22.3 Å². The van der Waals surface area contributed by atoms with Crippen LogP contribution in [-0.2, 0) is 5.41 Å². The van der Waals surface area contributed by atoms with Crippen LogP contribution in [0.15, 0.2) is 217 Å². The summed E-state index contributed by atoms with van der Waals surface area (Å²) in [6, 6.07) is 77.8. The molecule has 1 heterocycles. The molecule has 0 saturated carbocycles. The SMILES string of the molecule is c1ccc(-c2ccccc2N(c2ccc3c(c2)C2(c4ccccc4-c4ccccc4-3)c3ccccc3-c3ccccc32)c2cccc3oc4ccccc4c23)cc1. The van der Waals surface area contributed by atoms with Crippen molar-refractivity contribution >= 4 is 39.0 Å². The first-order chi connectivity index (χ1) is 28.3. The normalized spacial score (nSPS) is 13.1. The Morgan fingerprint density at radius 1 is 0.333 bits per heavy atom. The van der Waals surface area contributed by atoms with E-state index in [0.29, 0.717) is 0 Å². The van der Waals surface area contributed by atoms with Crippen molar-refractivity contribution in [3.05, 3.63) is 235 Å². The number of benzene rings is 9. The van der Waals surface area contributed by atoms with Crippen LogP contribution in [0.3, 0.4) is 0 Å². The molecule has 0 aliphatic heterocycles. The van der Waals surface area contributed by atoms with E-state index in [2.05, 4.69) is 211 Å². The van der Waals surface area contributed by atoms with Crippen LogP contribution >= 0.6 is 0 Å². The summed E-state index contributed by atoms with van der Waals surface area (Å²) >= 11 is 0. The smallest absolute Gasteiger partial charge is 0.137 e. The summed E-state index contributed by atoms with van der Waals surface area (Å²) in [7, 11) is 0. The van der Waals surface area contributed by atoms with Gasteiger partial charge in [0, 0.05) is 16.6 Å². The lowest BCUT2D eigenvalue weighted by atomic mass is 9.66. The summed E-state index contributed by atoms with van der Waals surface area (Å²) in [6.07, 6.45) is 0. The minimum absolute atomic E-state index is 0.590. The van der Waals surface area contributed by atoms with E-state index in [9.17, 15) is 0 Å². The number of fused-ring (bicyclic) bond motifs is 15. The molecule has 2 heteroatoms. The second kappa shape index (κ2) is 12.3. The molecule has 0 atom stereocenters. The number of hydrogen-bond acceptors (Lipinski definition) is 2. The lowest BCUT2D eigenvalue weighted by Crippen LogP contribution is -2.29. The third kappa shape index (κ3) is 4.47. The summed E-state index contributed by atoms with van der Waals surface area (Å²) in [5.41, 5.74) is 19.4. The number of para-hydroxylation sites is 2. The van der Waals surface area contributed by atoms with E-state index in [0.717, 1.165) is 50.1 Å². The lowest BCUT2D eigenvalue weighted by molar-refractivity contribution is 0.669. The van der Waals surface area contributed by atoms with Crippen molar-refractivity contribution in [2.24, 2.45) is 0 Å². The van der Waals surface area contributed by atoms with Gasteiger partial charge in [-0.15, -0.1) is 0 Å². The van der Waals surface area contributed by atoms with Gasteiger partial charge in [-0.2, -0.15) is 0 Å². The average Bonchev–Trinajstić information content (AvgIpc) is 3.78. The van der Waals surface area contributed by atoms with Crippen molar-refractivity contribution in [2.45, 2.75) is 5.41 Å². The summed E-state index contributed by atoms with van der Waals surface area (Å²) in [6.45, 7) is 0. The van der Waals surface area contributed by atoms with E-state index in [-0.39, 0.29) is 0 Å². The maximum absolute atomic E-state index is 6.54. The molecule has 0 fully saturated rings. The van der Waals surface area contributed by atoms with E-state index >= 15 is 0 Å². The zero-order chi connectivity index (χ0) is 37.5. The Morgan fingerprint density at radius 3 is 1.51 bits per heavy atom. The molecule has 2 aliphatic rings. The molecule has 12 rings (SSSR count). The Balaban J connectivity index is 1.24. The van der Waals surface area contributed by atoms with Crippen LogP contribution < -0.4 is 4.90 Å². The Kier molecular flexibility index (Phi) is 6.88. The Hall–Kier alpha value is -7.42. The van der Waals surface area contributed by atoms with E-state index in [1.54, 1.807) is 0 Å². The quantitative estimate of drug-likeness (QED) is 0.180. The van der Waals surface area contributed by atoms with Crippen LogP contribution in [0.25, 0.3) is 66.4 Å². The molecular weight excluding hydrogens is 691 g/mol. The summed E-state index contributed by atoms with van der Waals surface area (Å²) in [5.74, 6) is 0. The fraction of sp³-hybridized carbons (Fsp3) is 0.0182. The van der Waals surface area contributed by atoms with Crippen molar-refractivity contribution < 1.29 is 4.42 Å². The zero-order valence-corrected chi connectivity index (χ0v) is 31.1. The maximum Gasteiger partial charge on any atom is 0.137 e. The molecule has 2 nitrogen and oxygen atoms in total. The average molecular weight is 726 g/mol. The first-order valence-electron chi connectivity index (χ1n) is 19.7. The molecule has 0 radical (unpaired) electrons. The molecule has 1 spiro atoms. The van der Waals surface area contributed by atoms with Gasteiger partial charge in [-0.3, -0.25) is 0 Å². The minimum Gasteiger partial charge on any atom is -0.456 e. The molecule has 9 aromatic carbocycles. The Bertz CT molecular complexity index is 3160. The van der Waals surface area contributed by atoms with Gasteiger partial charge < -0.3 is 9.32 Å². The Morgan fingerprint density at radius 2 is 0.825 bits per heavy atom. The molecular formula is C55H35NO. The van der Waals surface area contributed by atoms with Crippen molar-refractivity contribution in [3.63, 3.8) is 0 Å². The minimum atomic E-state index is -0.590. The Labute approximate surface area is 331 Å². The van der Waals surface area contributed by atoms with Crippen LogP contribution in [0, 0.1) is 0 Å². The molecule has 0 bridgehead atoms. The number of rotatable bonds is 4.